The summed E-state index contributed by atoms with van der Waals surface area (Å²) in [5.74, 6) is 1.32. The lowest BCUT2D eigenvalue weighted by atomic mass is 9.98. The summed E-state index contributed by atoms with van der Waals surface area (Å²) < 4.78 is 0. The number of nitrogens with zero attached hydrogens (tertiary/aromatic N) is 1. The lowest BCUT2D eigenvalue weighted by molar-refractivity contribution is -0.138. The van der Waals surface area contributed by atoms with Crippen molar-refractivity contribution >= 4 is 21.8 Å². The largest absolute Gasteiger partial charge is 0.339 e. The highest BCUT2D eigenvalue weighted by Crippen LogP contribution is 2.38. The van der Waals surface area contributed by atoms with Gasteiger partial charge in [0.15, 0.2) is 0 Å². The van der Waals surface area contributed by atoms with Gasteiger partial charge < -0.3 is 4.90 Å². The van der Waals surface area contributed by atoms with Gasteiger partial charge in [-0.1, -0.05) is 22.9 Å². The molecule has 1 saturated carbocycles. The number of carbonyl (C=O) groups excluding carboxylic acids is 1. The van der Waals surface area contributed by atoms with Gasteiger partial charge in [-0.15, -0.1) is 0 Å². The number of amides is 1. The van der Waals surface area contributed by atoms with Crippen LogP contribution in [0.4, 0.5) is 0 Å². The van der Waals surface area contributed by atoms with Gasteiger partial charge in [0.2, 0.25) is 5.91 Å². The number of piperidine rings is 1. The third-order valence-corrected chi connectivity index (χ3v) is 4.57. The van der Waals surface area contributed by atoms with Gasteiger partial charge in [-0.25, -0.2) is 0 Å². The first-order valence-corrected chi connectivity index (χ1v) is 6.95. The Morgan fingerprint density at radius 2 is 2.00 bits per heavy atom. The summed E-state index contributed by atoms with van der Waals surface area (Å²) in [5.41, 5.74) is 0. The summed E-state index contributed by atoms with van der Waals surface area (Å²) in [6.07, 6.45) is 4.85. The van der Waals surface area contributed by atoms with Gasteiger partial charge >= 0.3 is 0 Å². The van der Waals surface area contributed by atoms with Crippen LogP contribution in [0.25, 0.3) is 0 Å². The van der Waals surface area contributed by atoms with Crippen molar-refractivity contribution in [2.45, 2.75) is 50.4 Å². The minimum atomic E-state index is 0.255. The molecule has 2 aliphatic rings. The normalized spacial score (nSPS) is 33.9. The molecule has 3 unspecified atom stereocenters. The van der Waals surface area contributed by atoms with Gasteiger partial charge in [0, 0.05) is 23.3 Å². The number of halogens is 1. The summed E-state index contributed by atoms with van der Waals surface area (Å²) in [4.78, 5) is 14.8. The fourth-order valence-electron chi connectivity index (χ4n) is 2.43. The number of hydrogen-bond donors (Lipinski definition) is 0. The van der Waals surface area contributed by atoms with Crippen molar-refractivity contribution in [2.75, 3.05) is 6.54 Å². The first-order chi connectivity index (χ1) is 7.09. The number of likely N-dealkylation sites (tertiary alicyclic amines) is 1. The Labute approximate surface area is 101 Å². The third-order valence-electron chi connectivity index (χ3n) is 3.83. The molecule has 0 aromatic heterocycles. The van der Waals surface area contributed by atoms with E-state index >= 15 is 0 Å². The standard InChI is InChI=1S/C12H20BrNO/c1-8-3-6-11(13)7-14(8)12(15)9(2)10-4-5-10/h8-11H,3-7H2,1-2H3. The first-order valence-electron chi connectivity index (χ1n) is 6.04. The maximum absolute atomic E-state index is 12.2. The van der Waals surface area contributed by atoms with Crippen molar-refractivity contribution in [1.29, 1.82) is 0 Å². The van der Waals surface area contributed by atoms with Crippen LogP contribution in [0.15, 0.2) is 0 Å². The van der Waals surface area contributed by atoms with Crippen molar-refractivity contribution < 1.29 is 4.79 Å². The Hall–Kier alpha value is -0.0500. The lowest BCUT2D eigenvalue weighted by Crippen LogP contribution is -2.48. The van der Waals surface area contributed by atoms with Crippen molar-refractivity contribution in [3.05, 3.63) is 0 Å². The van der Waals surface area contributed by atoms with Crippen LogP contribution in [0.1, 0.15) is 39.5 Å². The summed E-state index contributed by atoms with van der Waals surface area (Å²) in [6.45, 7) is 5.18. The maximum atomic E-state index is 12.2. The number of alkyl halides is 1. The predicted octanol–water partition coefficient (Wildman–Crippen LogP) is 2.81. The van der Waals surface area contributed by atoms with Crippen molar-refractivity contribution in [3.63, 3.8) is 0 Å². The summed E-state index contributed by atoms with van der Waals surface area (Å²) in [5, 5.41) is 0. The zero-order chi connectivity index (χ0) is 11.0. The quantitative estimate of drug-likeness (QED) is 0.709. The molecule has 1 aliphatic heterocycles. The Kier molecular flexibility index (Phi) is 3.39. The second-order valence-corrected chi connectivity index (χ2v) is 6.44. The highest BCUT2D eigenvalue weighted by Gasteiger charge is 2.37. The monoisotopic (exact) mass is 273 g/mol. The van der Waals surface area contributed by atoms with Crippen LogP contribution in [0.3, 0.4) is 0 Å². The third kappa shape index (κ3) is 2.55. The molecule has 1 aliphatic carbocycles. The molecule has 0 bridgehead atoms. The van der Waals surface area contributed by atoms with E-state index in [0.29, 0.717) is 22.7 Å². The molecule has 3 atom stereocenters. The van der Waals surface area contributed by atoms with Crippen LogP contribution in [0.2, 0.25) is 0 Å². The van der Waals surface area contributed by atoms with Crippen LogP contribution >= 0.6 is 15.9 Å². The molecular formula is C12H20BrNO. The predicted molar refractivity (Wildman–Crippen MR) is 65.0 cm³/mol. The van der Waals surface area contributed by atoms with Crippen LogP contribution in [0.5, 0.6) is 0 Å². The highest BCUT2D eigenvalue weighted by molar-refractivity contribution is 9.09. The lowest BCUT2D eigenvalue weighted by Gasteiger charge is -2.37. The van der Waals surface area contributed by atoms with E-state index in [2.05, 4.69) is 34.7 Å². The molecular weight excluding hydrogens is 254 g/mol. The number of hydrogen-bond acceptors (Lipinski definition) is 1. The Morgan fingerprint density at radius 1 is 1.33 bits per heavy atom. The van der Waals surface area contributed by atoms with Gasteiger partial charge in [0.1, 0.15) is 0 Å². The average Bonchev–Trinajstić information content (AvgIpc) is 3.03. The minimum Gasteiger partial charge on any atom is -0.339 e. The molecule has 2 rings (SSSR count). The molecule has 0 N–H and O–H groups in total. The van der Waals surface area contributed by atoms with Crippen molar-refractivity contribution in [3.8, 4) is 0 Å². The molecule has 3 heteroatoms. The number of carbonyl (C=O) groups is 1. The van der Waals surface area contributed by atoms with E-state index < -0.39 is 0 Å². The highest BCUT2D eigenvalue weighted by atomic mass is 79.9. The SMILES string of the molecule is CC(C(=O)N1CC(Br)CCC1C)C1CC1. The second-order valence-electron chi connectivity index (χ2n) is 5.14. The molecule has 15 heavy (non-hydrogen) atoms. The van der Waals surface area contributed by atoms with Gasteiger partial charge in [-0.05, 0) is 38.5 Å². The smallest absolute Gasteiger partial charge is 0.225 e. The van der Waals surface area contributed by atoms with E-state index in [1.807, 2.05) is 0 Å². The van der Waals surface area contributed by atoms with Gasteiger partial charge in [-0.3, -0.25) is 4.79 Å². The van der Waals surface area contributed by atoms with Crippen molar-refractivity contribution in [2.24, 2.45) is 11.8 Å². The van der Waals surface area contributed by atoms with Crippen molar-refractivity contribution in [1.82, 2.24) is 4.90 Å². The van der Waals surface area contributed by atoms with Crippen LogP contribution in [-0.2, 0) is 4.79 Å². The van der Waals surface area contributed by atoms with E-state index in [9.17, 15) is 4.79 Å². The maximum Gasteiger partial charge on any atom is 0.225 e. The second kappa shape index (κ2) is 4.44. The van der Waals surface area contributed by atoms with E-state index in [-0.39, 0.29) is 5.92 Å². The molecule has 2 fully saturated rings. The molecule has 1 heterocycles. The van der Waals surface area contributed by atoms with E-state index in [0.717, 1.165) is 13.0 Å². The summed E-state index contributed by atoms with van der Waals surface area (Å²) in [6, 6.07) is 0.437. The minimum absolute atomic E-state index is 0.255. The van der Waals surface area contributed by atoms with Crippen LogP contribution < -0.4 is 0 Å². The zero-order valence-corrected chi connectivity index (χ0v) is 11.2. The van der Waals surface area contributed by atoms with E-state index in [1.54, 1.807) is 0 Å². The topological polar surface area (TPSA) is 20.3 Å². The molecule has 2 nitrogen and oxygen atoms in total. The fraction of sp³-hybridized carbons (Fsp3) is 0.917. The average molecular weight is 274 g/mol. The van der Waals surface area contributed by atoms with E-state index in [4.69, 9.17) is 0 Å². The van der Waals surface area contributed by atoms with Gasteiger partial charge in [0.25, 0.3) is 0 Å². The number of rotatable bonds is 2. The molecule has 0 spiro atoms. The molecule has 0 aromatic carbocycles. The molecule has 1 amide bonds. The molecule has 86 valence electrons. The Morgan fingerprint density at radius 3 is 2.60 bits per heavy atom. The fourth-order valence-corrected chi connectivity index (χ4v) is 3.01. The van der Waals surface area contributed by atoms with Crippen LogP contribution in [-0.4, -0.2) is 28.2 Å². The van der Waals surface area contributed by atoms with Gasteiger partial charge in [-0.2, -0.15) is 0 Å². The molecule has 1 saturated heterocycles. The summed E-state index contributed by atoms with van der Waals surface area (Å²) >= 11 is 3.63. The molecule has 0 radical (unpaired) electrons. The van der Waals surface area contributed by atoms with Gasteiger partial charge in [0.05, 0.1) is 0 Å². The summed E-state index contributed by atoms with van der Waals surface area (Å²) in [7, 11) is 0. The van der Waals surface area contributed by atoms with E-state index in [1.165, 1.54) is 19.3 Å². The first kappa shape index (κ1) is 11.4. The zero-order valence-electron chi connectivity index (χ0n) is 9.58. The molecule has 0 aromatic rings. The Balaban J connectivity index is 1.97. The van der Waals surface area contributed by atoms with Crippen LogP contribution in [0, 0.1) is 11.8 Å². The Bertz CT molecular complexity index is 252.